The van der Waals surface area contributed by atoms with Crippen molar-refractivity contribution >= 4 is 21.5 Å². The molecular formula is C12H17N5O2S. The van der Waals surface area contributed by atoms with Crippen molar-refractivity contribution in [1.82, 2.24) is 14.8 Å². The van der Waals surface area contributed by atoms with E-state index in [0.29, 0.717) is 18.1 Å². The van der Waals surface area contributed by atoms with Gasteiger partial charge in [-0.3, -0.25) is 14.4 Å². The molecule has 0 atom stereocenters. The molecule has 20 heavy (non-hydrogen) atoms. The van der Waals surface area contributed by atoms with Crippen molar-refractivity contribution < 1.29 is 8.42 Å². The van der Waals surface area contributed by atoms with Crippen LogP contribution in [0, 0.1) is 6.92 Å². The van der Waals surface area contributed by atoms with E-state index in [1.54, 1.807) is 32.3 Å². The van der Waals surface area contributed by atoms with Crippen LogP contribution in [-0.2, 0) is 17.1 Å². The van der Waals surface area contributed by atoms with E-state index in [1.165, 1.54) is 10.9 Å². The van der Waals surface area contributed by atoms with Crippen molar-refractivity contribution in [2.45, 2.75) is 18.7 Å². The summed E-state index contributed by atoms with van der Waals surface area (Å²) in [6, 6.07) is 3.30. The molecule has 2 heterocycles. The quantitative estimate of drug-likeness (QED) is 0.869. The highest BCUT2D eigenvalue weighted by atomic mass is 32.2. The SMILES string of the molecule is CCNc1ccncc1S(=O)(=O)Nc1cc(C)nn1C. The molecule has 2 rings (SSSR count). The maximum atomic E-state index is 12.4. The Kier molecular flexibility index (Phi) is 3.93. The van der Waals surface area contributed by atoms with Crippen LogP contribution in [0.5, 0.6) is 0 Å². The Balaban J connectivity index is 2.38. The first-order chi connectivity index (χ1) is 9.44. The number of pyridine rings is 1. The molecule has 2 aromatic heterocycles. The molecule has 0 aromatic carbocycles. The molecule has 0 saturated heterocycles. The molecule has 0 bridgehead atoms. The van der Waals surface area contributed by atoms with Crippen molar-refractivity contribution in [1.29, 1.82) is 0 Å². The van der Waals surface area contributed by atoms with Gasteiger partial charge in [-0.15, -0.1) is 0 Å². The third-order valence-corrected chi connectivity index (χ3v) is 4.06. The van der Waals surface area contributed by atoms with Gasteiger partial charge in [0.2, 0.25) is 0 Å². The highest BCUT2D eigenvalue weighted by Crippen LogP contribution is 2.22. The third kappa shape index (κ3) is 2.90. The number of sulfonamides is 1. The minimum absolute atomic E-state index is 0.112. The minimum atomic E-state index is -3.71. The van der Waals surface area contributed by atoms with Gasteiger partial charge >= 0.3 is 0 Å². The molecule has 8 heteroatoms. The zero-order valence-electron chi connectivity index (χ0n) is 11.6. The molecule has 0 unspecified atom stereocenters. The van der Waals surface area contributed by atoms with Crippen LogP contribution < -0.4 is 10.0 Å². The number of hydrogen-bond acceptors (Lipinski definition) is 5. The Morgan fingerprint density at radius 3 is 2.75 bits per heavy atom. The second-order valence-electron chi connectivity index (χ2n) is 4.30. The zero-order chi connectivity index (χ0) is 14.8. The maximum absolute atomic E-state index is 12.4. The molecule has 2 N–H and O–H groups in total. The van der Waals surface area contributed by atoms with E-state index in [9.17, 15) is 8.42 Å². The second-order valence-corrected chi connectivity index (χ2v) is 5.95. The van der Waals surface area contributed by atoms with Gasteiger partial charge in [-0.2, -0.15) is 5.10 Å². The van der Waals surface area contributed by atoms with Crippen LogP contribution in [0.3, 0.4) is 0 Å². The Bertz CT molecular complexity index is 708. The summed E-state index contributed by atoms with van der Waals surface area (Å²) in [6.45, 7) is 4.32. The fourth-order valence-electron chi connectivity index (χ4n) is 1.83. The third-order valence-electron chi connectivity index (χ3n) is 2.68. The minimum Gasteiger partial charge on any atom is -0.384 e. The molecule has 0 spiro atoms. The van der Waals surface area contributed by atoms with Crippen molar-refractivity contribution in [2.24, 2.45) is 7.05 Å². The van der Waals surface area contributed by atoms with E-state index in [-0.39, 0.29) is 4.90 Å². The summed E-state index contributed by atoms with van der Waals surface area (Å²) >= 11 is 0. The number of anilines is 2. The predicted molar refractivity (Wildman–Crippen MR) is 77.2 cm³/mol. The summed E-state index contributed by atoms with van der Waals surface area (Å²) in [4.78, 5) is 3.99. The lowest BCUT2D eigenvalue weighted by atomic mass is 10.4. The summed E-state index contributed by atoms with van der Waals surface area (Å²) in [5, 5.41) is 7.11. The van der Waals surface area contributed by atoms with Crippen LogP contribution >= 0.6 is 0 Å². The van der Waals surface area contributed by atoms with Crippen LogP contribution in [0.15, 0.2) is 29.4 Å². The number of hydrogen-bond donors (Lipinski definition) is 2. The Morgan fingerprint density at radius 1 is 1.40 bits per heavy atom. The predicted octanol–water partition coefficient (Wildman–Crippen LogP) is 1.36. The number of nitrogens with zero attached hydrogens (tertiary/aromatic N) is 3. The van der Waals surface area contributed by atoms with E-state index in [2.05, 4.69) is 20.1 Å². The van der Waals surface area contributed by atoms with E-state index < -0.39 is 10.0 Å². The van der Waals surface area contributed by atoms with Crippen LogP contribution in [0.4, 0.5) is 11.5 Å². The Labute approximate surface area is 118 Å². The van der Waals surface area contributed by atoms with Gasteiger partial charge in [0.15, 0.2) is 0 Å². The van der Waals surface area contributed by atoms with E-state index in [0.717, 1.165) is 5.69 Å². The van der Waals surface area contributed by atoms with Crippen LogP contribution in [0.1, 0.15) is 12.6 Å². The molecule has 0 radical (unpaired) electrons. The fourth-order valence-corrected chi connectivity index (χ4v) is 3.04. The largest absolute Gasteiger partial charge is 0.384 e. The van der Waals surface area contributed by atoms with Gasteiger partial charge in [0.1, 0.15) is 10.7 Å². The van der Waals surface area contributed by atoms with Gasteiger partial charge in [0, 0.05) is 32.1 Å². The number of aromatic nitrogens is 3. The van der Waals surface area contributed by atoms with E-state index >= 15 is 0 Å². The average molecular weight is 295 g/mol. The molecular weight excluding hydrogens is 278 g/mol. The summed E-state index contributed by atoms with van der Waals surface area (Å²) in [6.07, 6.45) is 2.87. The molecule has 0 aliphatic carbocycles. The summed E-state index contributed by atoms with van der Waals surface area (Å²) in [5.41, 5.74) is 1.26. The number of aryl methyl sites for hydroxylation is 2. The van der Waals surface area contributed by atoms with Crippen molar-refractivity contribution in [3.05, 3.63) is 30.2 Å². The van der Waals surface area contributed by atoms with Gasteiger partial charge in [-0.1, -0.05) is 0 Å². The van der Waals surface area contributed by atoms with Gasteiger partial charge < -0.3 is 5.32 Å². The molecule has 0 aliphatic rings. The normalized spacial score (nSPS) is 11.3. The Hall–Kier alpha value is -2.09. The lowest BCUT2D eigenvalue weighted by molar-refractivity contribution is 0.600. The first kappa shape index (κ1) is 14.3. The average Bonchev–Trinajstić information content (AvgIpc) is 2.68. The molecule has 0 aliphatic heterocycles. The van der Waals surface area contributed by atoms with Gasteiger partial charge in [0.05, 0.1) is 11.4 Å². The van der Waals surface area contributed by atoms with Crippen LogP contribution in [-0.4, -0.2) is 29.7 Å². The highest BCUT2D eigenvalue weighted by molar-refractivity contribution is 7.92. The molecule has 0 amide bonds. The van der Waals surface area contributed by atoms with Gasteiger partial charge in [-0.05, 0) is 19.9 Å². The van der Waals surface area contributed by atoms with Crippen molar-refractivity contribution in [2.75, 3.05) is 16.6 Å². The fraction of sp³-hybridized carbons (Fsp3) is 0.333. The van der Waals surface area contributed by atoms with Crippen LogP contribution in [0.25, 0.3) is 0 Å². The molecule has 0 fully saturated rings. The lowest BCUT2D eigenvalue weighted by Gasteiger charge is -2.12. The molecule has 7 nitrogen and oxygen atoms in total. The topological polar surface area (TPSA) is 88.9 Å². The molecule has 0 saturated carbocycles. The van der Waals surface area contributed by atoms with Crippen molar-refractivity contribution in [3.63, 3.8) is 0 Å². The molecule has 2 aromatic rings. The summed E-state index contributed by atoms with van der Waals surface area (Å²) < 4.78 is 28.9. The van der Waals surface area contributed by atoms with Gasteiger partial charge in [-0.25, -0.2) is 8.42 Å². The smallest absolute Gasteiger partial charge is 0.266 e. The number of nitrogens with one attached hydrogen (secondary N) is 2. The van der Waals surface area contributed by atoms with Crippen molar-refractivity contribution in [3.8, 4) is 0 Å². The standard InChI is InChI=1S/C12H17N5O2S/c1-4-14-10-5-6-13-8-11(10)20(18,19)16-12-7-9(2)15-17(12)3/h5-8,16H,4H2,1-3H3,(H,13,14). The number of rotatable bonds is 5. The van der Waals surface area contributed by atoms with E-state index in [1.807, 2.05) is 6.92 Å². The van der Waals surface area contributed by atoms with E-state index in [4.69, 9.17) is 0 Å². The molecule has 108 valence electrons. The summed E-state index contributed by atoms with van der Waals surface area (Å²) in [5.74, 6) is 0.411. The monoisotopic (exact) mass is 295 g/mol. The highest BCUT2D eigenvalue weighted by Gasteiger charge is 2.20. The first-order valence-electron chi connectivity index (χ1n) is 6.15. The Morgan fingerprint density at radius 2 is 2.15 bits per heavy atom. The first-order valence-corrected chi connectivity index (χ1v) is 7.63. The summed E-state index contributed by atoms with van der Waals surface area (Å²) in [7, 11) is -2.03. The van der Waals surface area contributed by atoms with Crippen LogP contribution in [0.2, 0.25) is 0 Å². The zero-order valence-corrected chi connectivity index (χ0v) is 12.4. The second kappa shape index (κ2) is 5.49. The van der Waals surface area contributed by atoms with Gasteiger partial charge in [0.25, 0.3) is 10.0 Å². The lowest BCUT2D eigenvalue weighted by Crippen LogP contribution is -2.17. The maximum Gasteiger partial charge on any atom is 0.266 e.